The Labute approximate surface area is 76.5 Å². The number of hydrogen-bond acceptors (Lipinski definition) is 2. The molecular weight excluding hydrogens is 162 g/mol. The predicted molar refractivity (Wildman–Crippen MR) is 46.5 cm³/mol. The Balaban J connectivity index is 2.36. The standard InChI is InChI=1S/C10H7N3/c1-12-10(4-5-10)8-2-3-9(6-11)13-7-8/h2-3,7H,4-5H2. The molecule has 1 aliphatic carbocycles. The quantitative estimate of drug-likeness (QED) is 0.602. The van der Waals surface area contributed by atoms with Gasteiger partial charge in [0.05, 0.1) is 5.56 Å². The van der Waals surface area contributed by atoms with Crippen molar-refractivity contribution in [3.63, 3.8) is 0 Å². The summed E-state index contributed by atoms with van der Waals surface area (Å²) in [7, 11) is 0. The first kappa shape index (κ1) is 7.76. The van der Waals surface area contributed by atoms with Crippen molar-refractivity contribution < 1.29 is 0 Å². The summed E-state index contributed by atoms with van der Waals surface area (Å²) in [6, 6.07) is 5.45. The Morgan fingerprint density at radius 2 is 2.31 bits per heavy atom. The summed E-state index contributed by atoms with van der Waals surface area (Å²) >= 11 is 0. The summed E-state index contributed by atoms with van der Waals surface area (Å²) < 4.78 is 0. The zero-order valence-electron chi connectivity index (χ0n) is 6.99. The minimum Gasteiger partial charge on any atom is -0.305 e. The summed E-state index contributed by atoms with van der Waals surface area (Å²) in [5.74, 6) is 0. The molecule has 0 N–H and O–H groups in total. The van der Waals surface area contributed by atoms with Crippen LogP contribution in [0.25, 0.3) is 4.85 Å². The third-order valence-electron chi connectivity index (χ3n) is 2.35. The first-order valence-corrected chi connectivity index (χ1v) is 4.06. The fourth-order valence-corrected chi connectivity index (χ4v) is 1.32. The van der Waals surface area contributed by atoms with E-state index in [1.54, 1.807) is 12.3 Å². The lowest BCUT2D eigenvalue weighted by molar-refractivity contribution is 0.872. The maximum absolute atomic E-state index is 8.53. The number of hydrogen-bond donors (Lipinski definition) is 0. The Bertz CT molecular complexity index is 401. The van der Waals surface area contributed by atoms with Crippen LogP contribution >= 0.6 is 0 Å². The van der Waals surface area contributed by atoms with E-state index in [-0.39, 0.29) is 5.54 Å². The number of rotatable bonds is 1. The molecular formula is C10H7N3. The van der Waals surface area contributed by atoms with Crippen molar-refractivity contribution in [2.24, 2.45) is 0 Å². The smallest absolute Gasteiger partial charge is 0.259 e. The number of aromatic nitrogens is 1. The van der Waals surface area contributed by atoms with Crippen LogP contribution in [0.3, 0.4) is 0 Å². The molecule has 0 radical (unpaired) electrons. The van der Waals surface area contributed by atoms with Crippen LogP contribution in [0.15, 0.2) is 18.3 Å². The van der Waals surface area contributed by atoms with E-state index < -0.39 is 0 Å². The zero-order valence-corrected chi connectivity index (χ0v) is 6.99. The lowest BCUT2D eigenvalue weighted by atomic mass is 10.1. The predicted octanol–water partition coefficient (Wildman–Crippen LogP) is 1.86. The largest absolute Gasteiger partial charge is 0.305 e. The molecule has 0 bridgehead atoms. The number of pyridine rings is 1. The topological polar surface area (TPSA) is 41.0 Å². The first-order chi connectivity index (χ1) is 6.30. The van der Waals surface area contributed by atoms with Crippen molar-refractivity contribution in [1.82, 2.24) is 4.98 Å². The van der Waals surface area contributed by atoms with Crippen LogP contribution in [0.2, 0.25) is 0 Å². The second kappa shape index (κ2) is 2.57. The van der Waals surface area contributed by atoms with Gasteiger partial charge in [-0.05, 0) is 12.1 Å². The van der Waals surface area contributed by atoms with E-state index >= 15 is 0 Å². The molecule has 1 saturated carbocycles. The van der Waals surface area contributed by atoms with E-state index in [1.807, 2.05) is 12.1 Å². The van der Waals surface area contributed by atoms with Gasteiger partial charge in [-0.2, -0.15) is 5.26 Å². The van der Waals surface area contributed by atoms with E-state index in [4.69, 9.17) is 11.8 Å². The van der Waals surface area contributed by atoms with E-state index in [2.05, 4.69) is 9.83 Å². The fourth-order valence-electron chi connectivity index (χ4n) is 1.32. The highest BCUT2D eigenvalue weighted by Gasteiger charge is 2.52. The Morgan fingerprint density at radius 3 is 2.69 bits per heavy atom. The van der Waals surface area contributed by atoms with Gasteiger partial charge in [-0.25, -0.2) is 11.6 Å². The minimum absolute atomic E-state index is 0.305. The molecule has 13 heavy (non-hydrogen) atoms. The Kier molecular flexibility index (Phi) is 1.53. The fraction of sp³-hybridized carbons (Fsp3) is 0.300. The molecule has 3 heteroatoms. The summed E-state index contributed by atoms with van der Waals surface area (Å²) in [4.78, 5) is 7.53. The van der Waals surface area contributed by atoms with Crippen molar-refractivity contribution in [3.05, 3.63) is 41.0 Å². The molecule has 1 aliphatic rings. The summed E-state index contributed by atoms with van der Waals surface area (Å²) in [6.07, 6.45) is 3.48. The molecule has 1 fully saturated rings. The molecule has 1 heterocycles. The minimum atomic E-state index is -0.305. The van der Waals surface area contributed by atoms with Crippen LogP contribution in [0.4, 0.5) is 0 Å². The van der Waals surface area contributed by atoms with Crippen LogP contribution < -0.4 is 0 Å². The molecule has 0 aliphatic heterocycles. The van der Waals surface area contributed by atoms with Gasteiger partial charge in [-0.3, -0.25) is 0 Å². The van der Waals surface area contributed by atoms with Gasteiger partial charge in [0.25, 0.3) is 5.54 Å². The summed E-state index contributed by atoms with van der Waals surface area (Å²) in [5, 5.41) is 8.53. The van der Waals surface area contributed by atoms with E-state index in [9.17, 15) is 0 Å². The Hall–Kier alpha value is -1.87. The van der Waals surface area contributed by atoms with Crippen LogP contribution in [0.5, 0.6) is 0 Å². The molecule has 0 saturated heterocycles. The summed E-state index contributed by atoms with van der Waals surface area (Å²) in [6.45, 7) is 7.04. The highest BCUT2D eigenvalue weighted by molar-refractivity contribution is 5.34. The molecule has 0 spiro atoms. The highest BCUT2D eigenvalue weighted by Crippen LogP contribution is 2.49. The van der Waals surface area contributed by atoms with Crippen molar-refractivity contribution >= 4 is 0 Å². The van der Waals surface area contributed by atoms with Crippen molar-refractivity contribution in [1.29, 1.82) is 5.26 Å². The van der Waals surface area contributed by atoms with Gasteiger partial charge < -0.3 is 4.85 Å². The number of nitriles is 1. The van der Waals surface area contributed by atoms with Gasteiger partial charge in [-0.15, -0.1) is 0 Å². The van der Waals surface area contributed by atoms with Gasteiger partial charge in [0.2, 0.25) is 0 Å². The maximum atomic E-state index is 8.53. The van der Waals surface area contributed by atoms with E-state index in [0.29, 0.717) is 5.69 Å². The molecule has 0 amide bonds. The molecule has 62 valence electrons. The molecule has 2 rings (SSSR count). The number of nitrogens with zero attached hydrogens (tertiary/aromatic N) is 3. The molecule has 3 nitrogen and oxygen atoms in total. The average molecular weight is 169 g/mol. The van der Waals surface area contributed by atoms with Gasteiger partial charge in [0.15, 0.2) is 0 Å². The molecule has 0 atom stereocenters. The molecule has 0 aromatic carbocycles. The third kappa shape index (κ3) is 1.15. The van der Waals surface area contributed by atoms with Crippen molar-refractivity contribution in [3.8, 4) is 6.07 Å². The van der Waals surface area contributed by atoms with Crippen LogP contribution in [-0.2, 0) is 5.54 Å². The monoisotopic (exact) mass is 169 g/mol. The lowest BCUT2D eigenvalue weighted by Crippen LogP contribution is -2.00. The van der Waals surface area contributed by atoms with Crippen LogP contribution in [-0.4, -0.2) is 4.98 Å². The second-order valence-corrected chi connectivity index (χ2v) is 3.19. The highest BCUT2D eigenvalue weighted by atomic mass is 14.9. The van der Waals surface area contributed by atoms with Gasteiger partial charge >= 0.3 is 0 Å². The van der Waals surface area contributed by atoms with Crippen molar-refractivity contribution in [2.75, 3.05) is 0 Å². The lowest BCUT2D eigenvalue weighted by Gasteiger charge is -2.00. The van der Waals surface area contributed by atoms with E-state index in [1.165, 1.54) is 0 Å². The van der Waals surface area contributed by atoms with Gasteiger partial charge in [0.1, 0.15) is 11.8 Å². The molecule has 1 aromatic heterocycles. The van der Waals surface area contributed by atoms with Crippen LogP contribution in [0.1, 0.15) is 24.1 Å². The van der Waals surface area contributed by atoms with Gasteiger partial charge in [-0.1, -0.05) is 0 Å². The first-order valence-electron chi connectivity index (χ1n) is 4.06. The SMILES string of the molecule is [C-]#[N+]C1(c2ccc(C#N)nc2)CC1. The maximum Gasteiger partial charge on any atom is 0.259 e. The van der Waals surface area contributed by atoms with E-state index in [0.717, 1.165) is 18.4 Å². The molecule has 0 unspecified atom stereocenters. The normalized spacial score (nSPS) is 17.1. The summed E-state index contributed by atoms with van der Waals surface area (Å²) in [5.41, 5.74) is 1.05. The average Bonchev–Trinajstić information content (AvgIpc) is 2.99. The van der Waals surface area contributed by atoms with Crippen molar-refractivity contribution in [2.45, 2.75) is 18.4 Å². The second-order valence-electron chi connectivity index (χ2n) is 3.19. The van der Waals surface area contributed by atoms with Crippen LogP contribution in [0, 0.1) is 17.9 Å². The third-order valence-corrected chi connectivity index (χ3v) is 2.35. The molecule has 1 aromatic rings. The van der Waals surface area contributed by atoms with Gasteiger partial charge in [0, 0.05) is 19.0 Å². The Morgan fingerprint density at radius 1 is 1.54 bits per heavy atom. The zero-order chi connectivity index (χ0) is 9.31.